The number of carbonyl (C=O) groups excluding carboxylic acids is 1. The van der Waals surface area contributed by atoms with Crippen LogP contribution in [0.1, 0.15) is 6.42 Å². The van der Waals surface area contributed by atoms with Gasteiger partial charge in [-0.05, 0) is 36.4 Å². The minimum Gasteiger partial charge on any atom is -0.423 e. The number of nitrogens with one attached hydrogen (secondary N) is 1. The van der Waals surface area contributed by atoms with E-state index in [9.17, 15) is 9.59 Å². The third-order valence-corrected chi connectivity index (χ3v) is 5.05. The largest absolute Gasteiger partial charge is 0.423 e. The minimum atomic E-state index is -0.378. The van der Waals surface area contributed by atoms with Gasteiger partial charge in [0.05, 0.1) is 0 Å². The lowest BCUT2D eigenvalue weighted by Gasteiger charge is -2.36. The van der Waals surface area contributed by atoms with E-state index in [-0.39, 0.29) is 11.5 Å². The third-order valence-electron chi connectivity index (χ3n) is 5.05. The second kappa shape index (κ2) is 8.27. The van der Waals surface area contributed by atoms with Crippen molar-refractivity contribution in [1.82, 2.24) is 4.90 Å². The monoisotopic (exact) mass is 377 g/mol. The fourth-order valence-corrected chi connectivity index (χ4v) is 3.50. The van der Waals surface area contributed by atoms with Gasteiger partial charge >= 0.3 is 5.63 Å². The van der Waals surface area contributed by atoms with E-state index in [1.165, 1.54) is 11.8 Å². The topological polar surface area (TPSA) is 65.8 Å². The maximum Gasteiger partial charge on any atom is 0.336 e. The Labute approximate surface area is 163 Å². The first-order valence-electron chi connectivity index (χ1n) is 9.53. The Hall–Kier alpha value is -3.12. The second-order valence-corrected chi connectivity index (χ2v) is 6.97. The molecule has 144 valence electrons. The maximum atomic E-state index is 12.3. The van der Waals surface area contributed by atoms with Gasteiger partial charge in [-0.2, -0.15) is 0 Å². The third kappa shape index (κ3) is 4.40. The molecular weight excluding hydrogens is 354 g/mol. The van der Waals surface area contributed by atoms with Crippen LogP contribution >= 0.6 is 0 Å². The zero-order valence-corrected chi connectivity index (χ0v) is 15.6. The molecule has 1 aliphatic rings. The highest BCUT2D eigenvalue weighted by atomic mass is 16.4. The predicted octanol–water partition coefficient (Wildman–Crippen LogP) is 2.94. The molecule has 1 fully saturated rings. The summed E-state index contributed by atoms with van der Waals surface area (Å²) in [4.78, 5) is 28.3. The molecule has 3 aromatic rings. The molecule has 0 radical (unpaired) electrons. The van der Waals surface area contributed by atoms with Crippen molar-refractivity contribution < 1.29 is 9.21 Å². The summed E-state index contributed by atoms with van der Waals surface area (Å²) in [6, 6.07) is 18.8. The number of para-hydroxylation sites is 1. The number of anilines is 2. The van der Waals surface area contributed by atoms with Gasteiger partial charge in [-0.3, -0.25) is 9.69 Å². The Bertz CT molecular complexity index is 1010. The number of carbonyl (C=O) groups is 1. The van der Waals surface area contributed by atoms with Crippen LogP contribution in [0.25, 0.3) is 11.0 Å². The Kier molecular flexibility index (Phi) is 5.39. The van der Waals surface area contributed by atoms with Crippen molar-refractivity contribution in [3.05, 3.63) is 71.1 Å². The highest BCUT2D eigenvalue weighted by Crippen LogP contribution is 2.18. The van der Waals surface area contributed by atoms with Gasteiger partial charge in [0, 0.05) is 62.0 Å². The molecule has 0 atom stereocenters. The Morgan fingerprint density at radius 2 is 1.75 bits per heavy atom. The molecule has 1 saturated heterocycles. The molecule has 0 saturated carbocycles. The first-order valence-corrected chi connectivity index (χ1v) is 9.53. The van der Waals surface area contributed by atoms with E-state index < -0.39 is 0 Å². The van der Waals surface area contributed by atoms with Crippen LogP contribution in [0.2, 0.25) is 0 Å². The van der Waals surface area contributed by atoms with Crippen LogP contribution in [0, 0.1) is 0 Å². The molecule has 0 bridgehead atoms. The molecule has 6 heteroatoms. The number of rotatable bonds is 5. The summed E-state index contributed by atoms with van der Waals surface area (Å²) >= 11 is 0. The molecule has 28 heavy (non-hydrogen) atoms. The number of nitrogens with zero attached hydrogens (tertiary/aromatic N) is 2. The van der Waals surface area contributed by atoms with Crippen molar-refractivity contribution >= 4 is 28.3 Å². The van der Waals surface area contributed by atoms with Crippen LogP contribution in [-0.4, -0.2) is 43.5 Å². The number of benzene rings is 2. The van der Waals surface area contributed by atoms with E-state index >= 15 is 0 Å². The quantitative estimate of drug-likeness (QED) is 0.693. The zero-order valence-electron chi connectivity index (χ0n) is 15.6. The van der Waals surface area contributed by atoms with Gasteiger partial charge in [-0.1, -0.05) is 18.2 Å². The summed E-state index contributed by atoms with van der Waals surface area (Å²) in [5.41, 5.74) is 2.10. The lowest BCUT2D eigenvalue weighted by atomic mass is 10.2. The summed E-state index contributed by atoms with van der Waals surface area (Å²) in [6.07, 6.45) is 0.452. The Balaban J connectivity index is 1.26. The first-order chi connectivity index (χ1) is 13.7. The van der Waals surface area contributed by atoms with Gasteiger partial charge in [-0.25, -0.2) is 4.79 Å². The fourth-order valence-electron chi connectivity index (χ4n) is 3.50. The van der Waals surface area contributed by atoms with E-state index in [4.69, 9.17) is 4.42 Å². The van der Waals surface area contributed by atoms with Crippen molar-refractivity contribution in [3.63, 3.8) is 0 Å². The van der Waals surface area contributed by atoms with E-state index in [0.717, 1.165) is 38.1 Å². The number of piperazine rings is 1. The van der Waals surface area contributed by atoms with Crippen molar-refractivity contribution in [1.29, 1.82) is 0 Å². The first kappa shape index (κ1) is 18.3. The number of hydrogen-bond acceptors (Lipinski definition) is 5. The van der Waals surface area contributed by atoms with Gasteiger partial charge in [-0.15, -0.1) is 0 Å². The normalized spacial score (nSPS) is 14.9. The standard InChI is InChI=1S/C22H23N3O3/c26-21(23-18-7-8-20-17(16-18)6-9-22(27)28-20)10-11-24-12-14-25(15-13-24)19-4-2-1-3-5-19/h1-9,16H,10-15H2,(H,23,26). The van der Waals surface area contributed by atoms with Crippen molar-refractivity contribution in [2.24, 2.45) is 0 Å². The molecule has 0 spiro atoms. The zero-order chi connectivity index (χ0) is 19.3. The highest BCUT2D eigenvalue weighted by molar-refractivity contribution is 5.93. The van der Waals surface area contributed by atoms with Crippen molar-refractivity contribution in [2.45, 2.75) is 6.42 Å². The highest BCUT2D eigenvalue weighted by Gasteiger charge is 2.17. The van der Waals surface area contributed by atoms with Crippen LogP contribution in [0.3, 0.4) is 0 Å². The number of hydrogen-bond donors (Lipinski definition) is 1. The molecule has 2 aromatic carbocycles. The molecule has 1 N–H and O–H groups in total. The molecule has 0 aliphatic carbocycles. The van der Waals surface area contributed by atoms with Crippen molar-refractivity contribution in [3.8, 4) is 0 Å². The van der Waals surface area contributed by atoms with E-state index in [1.54, 1.807) is 18.2 Å². The maximum absolute atomic E-state index is 12.3. The van der Waals surface area contributed by atoms with E-state index in [0.29, 0.717) is 17.7 Å². The molecule has 1 amide bonds. The SMILES string of the molecule is O=C(CCN1CCN(c2ccccc2)CC1)Nc1ccc2oc(=O)ccc2c1. The van der Waals surface area contributed by atoms with E-state index in [1.807, 2.05) is 12.1 Å². The summed E-state index contributed by atoms with van der Waals surface area (Å²) in [5.74, 6) is -0.0118. The summed E-state index contributed by atoms with van der Waals surface area (Å²) in [5, 5.41) is 3.71. The van der Waals surface area contributed by atoms with Gasteiger partial charge in [0.2, 0.25) is 5.91 Å². The van der Waals surface area contributed by atoms with Gasteiger partial charge in [0.15, 0.2) is 0 Å². The fraction of sp³-hybridized carbons (Fsp3) is 0.273. The van der Waals surface area contributed by atoms with Crippen molar-refractivity contribution in [2.75, 3.05) is 42.9 Å². The van der Waals surface area contributed by atoms with Gasteiger partial charge in [0.1, 0.15) is 5.58 Å². The minimum absolute atomic E-state index is 0.0118. The molecule has 1 aromatic heterocycles. The number of fused-ring (bicyclic) bond motifs is 1. The van der Waals surface area contributed by atoms with Gasteiger partial charge in [0.25, 0.3) is 0 Å². The predicted molar refractivity (Wildman–Crippen MR) is 111 cm³/mol. The van der Waals surface area contributed by atoms with Crippen LogP contribution in [0.5, 0.6) is 0 Å². The molecule has 4 rings (SSSR count). The van der Waals surface area contributed by atoms with E-state index in [2.05, 4.69) is 39.4 Å². The molecule has 0 unspecified atom stereocenters. The van der Waals surface area contributed by atoms with Crippen LogP contribution in [-0.2, 0) is 4.79 Å². The number of amides is 1. The Morgan fingerprint density at radius 1 is 0.964 bits per heavy atom. The molecule has 1 aliphatic heterocycles. The van der Waals surface area contributed by atoms with Crippen LogP contribution in [0.4, 0.5) is 11.4 Å². The smallest absolute Gasteiger partial charge is 0.336 e. The lowest BCUT2D eigenvalue weighted by molar-refractivity contribution is -0.116. The summed E-state index contributed by atoms with van der Waals surface area (Å²) in [7, 11) is 0. The Morgan fingerprint density at radius 3 is 2.54 bits per heavy atom. The van der Waals surface area contributed by atoms with Crippen LogP contribution < -0.4 is 15.8 Å². The summed E-state index contributed by atoms with van der Waals surface area (Å²) in [6.45, 7) is 4.61. The van der Waals surface area contributed by atoms with Gasteiger partial charge < -0.3 is 14.6 Å². The average molecular weight is 377 g/mol. The molecule has 6 nitrogen and oxygen atoms in total. The van der Waals surface area contributed by atoms with Crippen LogP contribution in [0.15, 0.2) is 69.9 Å². The summed E-state index contributed by atoms with van der Waals surface area (Å²) < 4.78 is 5.11. The average Bonchev–Trinajstić information content (AvgIpc) is 2.73. The molecule has 2 heterocycles. The second-order valence-electron chi connectivity index (χ2n) is 6.97. The lowest BCUT2D eigenvalue weighted by Crippen LogP contribution is -2.47. The molecular formula is C22H23N3O3.